The molecule has 0 saturated heterocycles. The Hall–Kier alpha value is -0.720. The second-order valence-electron chi connectivity index (χ2n) is 5.41. The molecular formula is C15H25NO3S2. The highest BCUT2D eigenvalue weighted by atomic mass is 32.2. The van der Waals surface area contributed by atoms with Crippen molar-refractivity contribution in [3.8, 4) is 0 Å². The van der Waals surface area contributed by atoms with Crippen molar-refractivity contribution in [2.24, 2.45) is 0 Å². The average Bonchev–Trinajstić information content (AvgIpc) is 2.35. The van der Waals surface area contributed by atoms with Crippen LogP contribution >= 0.6 is 0 Å². The van der Waals surface area contributed by atoms with Crippen molar-refractivity contribution in [1.29, 1.82) is 0 Å². The Labute approximate surface area is 130 Å². The summed E-state index contributed by atoms with van der Waals surface area (Å²) in [5, 5.41) is 3.34. The van der Waals surface area contributed by atoms with E-state index in [4.69, 9.17) is 0 Å². The lowest BCUT2D eigenvalue weighted by atomic mass is 10.0. The standard InChI is InChI=1S/C15H25NO3S2/c1-5-16-15(11-20(17)8-9-21(4,18)19)14-7-6-12(2)10-13(14)3/h6-7,10,15-16H,5,8-9,11H2,1-4H3. The van der Waals surface area contributed by atoms with Crippen LogP contribution < -0.4 is 5.32 Å². The fraction of sp³-hybridized carbons (Fsp3) is 0.600. The number of aryl methyl sites for hydroxylation is 2. The van der Waals surface area contributed by atoms with Crippen LogP contribution in [-0.4, -0.2) is 42.7 Å². The van der Waals surface area contributed by atoms with Crippen LogP contribution in [0.4, 0.5) is 0 Å². The van der Waals surface area contributed by atoms with Crippen molar-refractivity contribution < 1.29 is 12.6 Å². The molecule has 120 valence electrons. The molecule has 0 spiro atoms. The van der Waals surface area contributed by atoms with Crippen molar-refractivity contribution in [3.05, 3.63) is 34.9 Å². The van der Waals surface area contributed by atoms with Gasteiger partial charge in [0, 0.05) is 34.6 Å². The van der Waals surface area contributed by atoms with Gasteiger partial charge in [-0.2, -0.15) is 0 Å². The molecule has 4 nitrogen and oxygen atoms in total. The number of nitrogens with one attached hydrogen (secondary N) is 1. The third-order valence-electron chi connectivity index (χ3n) is 3.29. The molecule has 1 aromatic carbocycles. The van der Waals surface area contributed by atoms with E-state index >= 15 is 0 Å². The summed E-state index contributed by atoms with van der Waals surface area (Å²) in [7, 11) is -4.21. The molecule has 1 N–H and O–H groups in total. The molecule has 1 aromatic rings. The first-order chi connectivity index (χ1) is 9.73. The highest BCUT2D eigenvalue weighted by Crippen LogP contribution is 2.20. The lowest BCUT2D eigenvalue weighted by Gasteiger charge is -2.20. The average molecular weight is 332 g/mol. The first-order valence-corrected chi connectivity index (χ1v) is 10.6. The predicted molar refractivity (Wildman–Crippen MR) is 89.9 cm³/mol. The van der Waals surface area contributed by atoms with Crippen molar-refractivity contribution in [2.45, 2.75) is 26.8 Å². The number of hydrogen-bond donors (Lipinski definition) is 1. The minimum Gasteiger partial charge on any atom is -0.309 e. The molecule has 0 saturated carbocycles. The maximum absolute atomic E-state index is 12.1. The number of sulfone groups is 1. The van der Waals surface area contributed by atoms with Gasteiger partial charge in [0.25, 0.3) is 0 Å². The van der Waals surface area contributed by atoms with Crippen molar-refractivity contribution in [3.63, 3.8) is 0 Å². The van der Waals surface area contributed by atoms with E-state index in [9.17, 15) is 12.6 Å². The molecule has 2 atom stereocenters. The molecular weight excluding hydrogens is 306 g/mol. The van der Waals surface area contributed by atoms with Gasteiger partial charge in [0.05, 0.1) is 5.75 Å². The van der Waals surface area contributed by atoms with Crippen LogP contribution in [0.15, 0.2) is 18.2 Å². The molecule has 0 heterocycles. The SMILES string of the molecule is CCNC(CS(=O)CCS(C)(=O)=O)c1ccc(C)cc1C. The molecule has 21 heavy (non-hydrogen) atoms. The molecule has 0 amide bonds. The van der Waals surface area contributed by atoms with Gasteiger partial charge < -0.3 is 5.32 Å². The zero-order chi connectivity index (χ0) is 16.0. The molecule has 0 aliphatic rings. The third kappa shape index (κ3) is 6.72. The first-order valence-electron chi connectivity index (χ1n) is 7.06. The van der Waals surface area contributed by atoms with Crippen molar-refractivity contribution in [1.82, 2.24) is 5.32 Å². The Morgan fingerprint density at radius 2 is 1.95 bits per heavy atom. The summed E-state index contributed by atoms with van der Waals surface area (Å²) in [4.78, 5) is 0. The van der Waals surface area contributed by atoms with E-state index in [0.29, 0.717) is 5.75 Å². The topological polar surface area (TPSA) is 63.2 Å². The lowest BCUT2D eigenvalue weighted by Crippen LogP contribution is -2.28. The summed E-state index contributed by atoms with van der Waals surface area (Å²) >= 11 is 0. The monoisotopic (exact) mass is 331 g/mol. The predicted octanol–water partition coefficient (Wildman–Crippen LogP) is 1.75. The zero-order valence-electron chi connectivity index (χ0n) is 13.2. The van der Waals surface area contributed by atoms with Crippen LogP contribution in [0.25, 0.3) is 0 Å². The maximum Gasteiger partial charge on any atom is 0.148 e. The van der Waals surface area contributed by atoms with E-state index in [2.05, 4.69) is 17.4 Å². The molecule has 0 bridgehead atoms. The quantitative estimate of drug-likeness (QED) is 0.788. The Morgan fingerprint density at radius 1 is 1.29 bits per heavy atom. The molecule has 2 unspecified atom stereocenters. The van der Waals surface area contributed by atoms with E-state index in [-0.39, 0.29) is 17.5 Å². The van der Waals surface area contributed by atoms with Crippen LogP contribution in [-0.2, 0) is 20.6 Å². The third-order valence-corrected chi connectivity index (χ3v) is 5.85. The van der Waals surface area contributed by atoms with E-state index < -0.39 is 20.6 Å². The van der Waals surface area contributed by atoms with Crippen LogP contribution in [0.3, 0.4) is 0 Å². The number of hydrogen-bond acceptors (Lipinski definition) is 4. The minimum absolute atomic E-state index is 0.00371. The molecule has 0 aliphatic heterocycles. The Bertz CT molecular complexity index is 597. The minimum atomic E-state index is -3.06. The van der Waals surface area contributed by atoms with E-state index in [1.54, 1.807) is 0 Å². The first kappa shape index (κ1) is 18.3. The summed E-state index contributed by atoms with van der Waals surface area (Å²) in [6.07, 6.45) is 1.18. The molecule has 6 heteroatoms. The van der Waals surface area contributed by atoms with Crippen LogP contribution in [0.2, 0.25) is 0 Å². The van der Waals surface area contributed by atoms with Crippen LogP contribution in [0.1, 0.15) is 29.7 Å². The maximum atomic E-state index is 12.1. The number of rotatable bonds is 8. The highest BCUT2D eigenvalue weighted by molar-refractivity contribution is 7.92. The van der Waals surface area contributed by atoms with Crippen LogP contribution in [0, 0.1) is 13.8 Å². The Kier molecular flexibility index (Phi) is 7.03. The second kappa shape index (κ2) is 8.06. The molecule has 0 aromatic heterocycles. The summed E-state index contributed by atoms with van der Waals surface area (Å²) in [6, 6.07) is 6.22. The summed E-state index contributed by atoms with van der Waals surface area (Å²) in [6.45, 7) is 6.88. The van der Waals surface area contributed by atoms with Gasteiger partial charge in [0.15, 0.2) is 0 Å². The van der Waals surface area contributed by atoms with Gasteiger partial charge in [-0.05, 0) is 31.5 Å². The molecule has 0 aliphatic carbocycles. The van der Waals surface area contributed by atoms with Gasteiger partial charge in [-0.25, -0.2) is 8.42 Å². The van der Waals surface area contributed by atoms with Gasteiger partial charge in [0.2, 0.25) is 0 Å². The van der Waals surface area contributed by atoms with E-state index in [1.807, 2.05) is 26.8 Å². The molecule has 0 radical (unpaired) electrons. The van der Waals surface area contributed by atoms with Gasteiger partial charge in [-0.15, -0.1) is 0 Å². The molecule has 0 fully saturated rings. The number of benzene rings is 1. The van der Waals surface area contributed by atoms with E-state index in [0.717, 1.165) is 12.1 Å². The largest absolute Gasteiger partial charge is 0.309 e. The van der Waals surface area contributed by atoms with Gasteiger partial charge in [0.1, 0.15) is 9.84 Å². The second-order valence-corrected chi connectivity index (χ2v) is 9.29. The highest BCUT2D eigenvalue weighted by Gasteiger charge is 2.17. The smallest absolute Gasteiger partial charge is 0.148 e. The summed E-state index contributed by atoms with van der Waals surface area (Å²) in [5.41, 5.74) is 3.50. The van der Waals surface area contributed by atoms with Gasteiger partial charge >= 0.3 is 0 Å². The fourth-order valence-electron chi connectivity index (χ4n) is 2.24. The van der Waals surface area contributed by atoms with Crippen molar-refractivity contribution >= 4 is 20.6 Å². The zero-order valence-corrected chi connectivity index (χ0v) is 14.8. The Morgan fingerprint density at radius 3 is 2.48 bits per heavy atom. The van der Waals surface area contributed by atoms with Gasteiger partial charge in [-0.1, -0.05) is 30.7 Å². The normalized spacial score (nSPS) is 14.9. The summed E-state index contributed by atoms with van der Waals surface area (Å²) in [5.74, 6) is 0.615. The summed E-state index contributed by atoms with van der Waals surface area (Å²) < 4.78 is 34.5. The van der Waals surface area contributed by atoms with E-state index in [1.165, 1.54) is 17.4 Å². The molecule has 1 rings (SSSR count). The Balaban J connectivity index is 2.80. The lowest BCUT2D eigenvalue weighted by molar-refractivity contribution is 0.590. The van der Waals surface area contributed by atoms with Gasteiger partial charge in [-0.3, -0.25) is 4.21 Å². The van der Waals surface area contributed by atoms with Crippen molar-refractivity contribution in [2.75, 3.05) is 30.1 Å². The fourth-order valence-corrected chi connectivity index (χ4v) is 5.03. The van der Waals surface area contributed by atoms with Crippen LogP contribution in [0.5, 0.6) is 0 Å².